The maximum absolute atomic E-state index is 10.3. The van der Waals surface area contributed by atoms with Crippen LogP contribution in [-0.2, 0) is 22.2 Å². The Balaban J connectivity index is 0. The van der Waals surface area contributed by atoms with E-state index < -0.39 is 22.2 Å². The van der Waals surface area contributed by atoms with Crippen LogP contribution in [-0.4, -0.2) is 58.6 Å². The molecule has 4 nitrogen and oxygen atoms in total. The molecule has 0 radical (unpaired) electrons. The zero-order valence-corrected chi connectivity index (χ0v) is 10.5. The van der Waals surface area contributed by atoms with Crippen LogP contribution in [0.25, 0.3) is 0 Å². The normalized spacial score (nSPS) is 14.1. The number of hydrogen-bond acceptors (Lipinski definition) is 2. The van der Waals surface area contributed by atoms with Crippen LogP contribution in [0.3, 0.4) is 0 Å². The standard InChI is InChI=1S/C9H20O4S2.Na.H/c10-14(11)8-6-4-2-1-3-5-7-9-15(12)13;;/h1-9H2,(H,10,11)(H,12,13);;. The van der Waals surface area contributed by atoms with Crippen molar-refractivity contribution in [3.63, 3.8) is 0 Å². The first-order valence-electron chi connectivity index (χ1n) is 5.28. The van der Waals surface area contributed by atoms with Crippen molar-refractivity contribution in [3.05, 3.63) is 0 Å². The molecule has 2 atom stereocenters. The van der Waals surface area contributed by atoms with E-state index in [1.165, 1.54) is 0 Å². The Morgan fingerprint density at radius 3 is 1.12 bits per heavy atom. The molecule has 2 unspecified atom stereocenters. The average molecular weight is 280 g/mol. The van der Waals surface area contributed by atoms with Crippen LogP contribution in [0, 0.1) is 0 Å². The third kappa shape index (κ3) is 17.6. The molecule has 0 bridgehead atoms. The van der Waals surface area contributed by atoms with Crippen LogP contribution in [0.15, 0.2) is 0 Å². The van der Waals surface area contributed by atoms with E-state index in [9.17, 15) is 8.42 Å². The minimum atomic E-state index is -1.64. The van der Waals surface area contributed by atoms with Crippen molar-refractivity contribution >= 4 is 51.7 Å². The zero-order chi connectivity index (χ0) is 11.5. The maximum atomic E-state index is 10.3. The SMILES string of the molecule is O=S(O)CCCCCCCCCS(=O)O.[NaH]. The third-order valence-electron chi connectivity index (χ3n) is 2.14. The first-order chi connectivity index (χ1) is 7.13. The number of hydrogen-bond donors (Lipinski definition) is 2. The molecule has 0 spiro atoms. The molecule has 0 saturated carbocycles. The molecule has 0 aliphatic rings. The van der Waals surface area contributed by atoms with Gasteiger partial charge in [0.25, 0.3) is 0 Å². The summed E-state index contributed by atoms with van der Waals surface area (Å²) in [5, 5.41) is 0. The molecule has 0 aliphatic carbocycles. The van der Waals surface area contributed by atoms with Gasteiger partial charge in [-0.2, -0.15) is 0 Å². The van der Waals surface area contributed by atoms with Crippen molar-refractivity contribution < 1.29 is 17.5 Å². The molecule has 0 aliphatic heterocycles. The van der Waals surface area contributed by atoms with E-state index in [4.69, 9.17) is 9.11 Å². The summed E-state index contributed by atoms with van der Waals surface area (Å²) in [5.41, 5.74) is 0. The van der Waals surface area contributed by atoms with Gasteiger partial charge in [0, 0.05) is 11.5 Å². The van der Waals surface area contributed by atoms with E-state index in [-0.39, 0.29) is 29.6 Å². The molecule has 0 amide bonds. The molecule has 0 heterocycles. The van der Waals surface area contributed by atoms with Crippen molar-refractivity contribution in [2.45, 2.75) is 44.9 Å². The Labute approximate surface area is 125 Å². The van der Waals surface area contributed by atoms with Gasteiger partial charge in [-0.1, -0.05) is 32.1 Å². The van der Waals surface area contributed by atoms with Crippen LogP contribution >= 0.6 is 0 Å². The summed E-state index contributed by atoms with van der Waals surface area (Å²) in [7, 11) is 0. The fourth-order valence-electron chi connectivity index (χ4n) is 1.33. The van der Waals surface area contributed by atoms with Crippen LogP contribution in [0.1, 0.15) is 44.9 Å². The molecule has 94 valence electrons. The van der Waals surface area contributed by atoms with Crippen LogP contribution in [0.4, 0.5) is 0 Å². The second-order valence-corrected chi connectivity index (χ2v) is 5.63. The molecular weight excluding hydrogens is 259 g/mol. The first-order valence-corrected chi connectivity index (χ1v) is 7.83. The Kier molecular flexibility index (Phi) is 17.5. The van der Waals surface area contributed by atoms with Gasteiger partial charge in [0.15, 0.2) is 22.2 Å². The van der Waals surface area contributed by atoms with E-state index in [0.717, 1.165) is 44.9 Å². The summed E-state index contributed by atoms with van der Waals surface area (Å²) in [6.07, 6.45) is 6.89. The zero-order valence-electron chi connectivity index (χ0n) is 8.89. The summed E-state index contributed by atoms with van der Waals surface area (Å²) in [6, 6.07) is 0. The van der Waals surface area contributed by atoms with Crippen molar-refractivity contribution in [1.29, 1.82) is 0 Å². The van der Waals surface area contributed by atoms with E-state index >= 15 is 0 Å². The molecule has 2 N–H and O–H groups in total. The summed E-state index contributed by atoms with van der Waals surface area (Å²) >= 11 is -3.29. The molecule has 0 saturated heterocycles. The van der Waals surface area contributed by atoms with Gasteiger partial charge in [0.1, 0.15) is 0 Å². The number of rotatable bonds is 10. The van der Waals surface area contributed by atoms with Crippen molar-refractivity contribution in [1.82, 2.24) is 0 Å². The molecule has 0 fully saturated rings. The monoisotopic (exact) mass is 280 g/mol. The molecule has 0 rings (SSSR count). The van der Waals surface area contributed by atoms with E-state index in [1.54, 1.807) is 0 Å². The molecular formula is C9H21NaO4S2. The van der Waals surface area contributed by atoms with Gasteiger partial charge in [-0.15, -0.1) is 0 Å². The van der Waals surface area contributed by atoms with Crippen molar-refractivity contribution in [2.24, 2.45) is 0 Å². The first kappa shape index (κ1) is 19.6. The molecule has 7 heteroatoms. The summed E-state index contributed by atoms with van der Waals surface area (Å²) in [4.78, 5) is 0. The van der Waals surface area contributed by atoms with E-state index in [1.807, 2.05) is 0 Å². The third-order valence-corrected chi connectivity index (χ3v) is 3.41. The van der Waals surface area contributed by atoms with Gasteiger partial charge in [-0.25, -0.2) is 8.42 Å². The molecule has 0 aromatic heterocycles. The van der Waals surface area contributed by atoms with Crippen LogP contribution in [0.2, 0.25) is 0 Å². The summed E-state index contributed by atoms with van der Waals surface area (Å²) in [5.74, 6) is 0.757. The molecule has 0 aromatic rings. The quantitative estimate of drug-likeness (QED) is 0.361. The van der Waals surface area contributed by atoms with Gasteiger partial charge < -0.3 is 9.11 Å². The topological polar surface area (TPSA) is 74.6 Å². The predicted octanol–water partition coefficient (Wildman–Crippen LogP) is 1.51. The fraction of sp³-hybridized carbons (Fsp3) is 1.00. The van der Waals surface area contributed by atoms with Crippen molar-refractivity contribution in [2.75, 3.05) is 11.5 Å². The predicted molar refractivity (Wildman–Crippen MR) is 70.7 cm³/mol. The number of unbranched alkanes of at least 4 members (excludes halogenated alkanes) is 6. The fourth-order valence-corrected chi connectivity index (χ4v) is 2.24. The van der Waals surface area contributed by atoms with Gasteiger partial charge in [0.2, 0.25) is 0 Å². The summed E-state index contributed by atoms with van der Waals surface area (Å²) < 4.78 is 37.6. The Morgan fingerprint density at radius 1 is 0.625 bits per heavy atom. The second kappa shape index (κ2) is 14.3. The van der Waals surface area contributed by atoms with Gasteiger partial charge in [-0.3, -0.25) is 0 Å². The Hall–Kier alpha value is 1.22. The minimum absolute atomic E-state index is 0. The van der Waals surface area contributed by atoms with Crippen LogP contribution < -0.4 is 0 Å². The van der Waals surface area contributed by atoms with Gasteiger partial charge >= 0.3 is 29.6 Å². The average Bonchev–Trinajstić information content (AvgIpc) is 2.14. The Bertz CT molecular complexity index is 182. The van der Waals surface area contributed by atoms with Crippen LogP contribution in [0.5, 0.6) is 0 Å². The molecule has 0 aromatic carbocycles. The second-order valence-electron chi connectivity index (χ2n) is 3.53. The molecule has 16 heavy (non-hydrogen) atoms. The van der Waals surface area contributed by atoms with E-state index in [2.05, 4.69) is 0 Å². The Morgan fingerprint density at radius 2 is 0.875 bits per heavy atom. The van der Waals surface area contributed by atoms with E-state index in [0.29, 0.717) is 11.5 Å². The van der Waals surface area contributed by atoms with Gasteiger partial charge in [-0.05, 0) is 12.8 Å². The summed E-state index contributed by atoms with van der Waals surface area (Å²) in [6.45, 7) is 0. The van der Waals surface area contributed by atoms with Gasteiger partial charge in [0.05, 0.1) is 0 Å². The van der Waals surface area contributed by atoms with Crippen molar-refractivity contribution in [3.8, 4) is 0 Å².